The van der Waals surface area contributed by atoms with Gasteiger partial charge in [0, 0.05) is 6.54 Å². The number of amides is 1. The quantitative estimate of drug-likeness (QED) is 0.793. The van der Waals surface area contributed by atoms with Crippen molar-refractivity contribution >= 4 is 18.3 Å². The molecule has 4 nitrogen and oxygen atoms in total. The van der Waals surface area contributed by atoms with Crippen LogP contribution in [0.4, 0.5) is 0 Å². The van der Waals surface area contributed by atoms with Gasteiger partial charge in [-0.1, -0.05) is 49.6 Å². The van der Waals surface area contributed by atoms with Crippen LogP contribution in [0.25, 0.3) is 0 Å². The highest BCUT2D eigenvalue weighted by Crippen LogP contribution is 2.25. The minimum Gasteiger partial charge on any atom is -0.375 e. The first kappa shape index (κ1) is 18.0. The van der Waals surface area contributed by atoms with Gasteiger partial charge in [0.15, 0.2) is 0 Å². The summed E-state index contributed by atoms with van der Waals surface area (Å²) in [6.07, 6.45) is 4.88. The summed E-state index contributed by atoms with van der Waals surface area (Å²) in [4.78, 5) is 12.1. The molecule has 0 aliphatic heterocycles. The number of nitrogens with one attached hydrogen (secondary N) is 1. The normalized spacial score (nSPS) is 16.8. The van der Waals surface area contributed by atoms with Crippen molar-refractivity contribution in [3.05, 3.63) is 35.9 Å². The van der Waals surface area contributed by atoms with Crippen molar-refractivity contribution in [1.29, 1.82) is 0 Å². The lowest BCUT2D eigenvalue weighted by atomic mass is 9.82. The molecule has 0 spiro atoms. The minimum absolute atomic E-state index is 0. The number of nitrogens with two attached hydrogens (primary N) is 1. The summed E-state index contributed by atoms with van der Waals surface area (Å²) < 4.78 is 5.53. The van der Waals surface area contributed by atoms with E-state index in [4.69, 9.17) is 10.5 Å². The second-order valence-corrected chi connectivity index (χ2v) is 5.51. The Labute approximate surface area is 132 Å². The Morgan fingerprint density at radius 3 is 2.52 bits per heavy atom. The molecule has 1 fully saturated rings. The van der Waals surface area contributed by atoms with Crippen LogP contribution in [0.15, 0.2) is 30.3 Å². The Hall–Kier alpha value is -1.10. The van der Waals surface area contributed by atoms with Crippen molar-refractivity contribution in [1.82, 2.24) is 5.32 Å². The SMILES string of the molecule is Cl.NC1(C(=O)NCCOCc2ccccc2)CCCCC1. The standard InChI is InChI=1S/C16H24N2O2.ClH/c17-16(9-5-2-6-10-16)15(19)18-11-12-20-13-14-7-3-1-4-8-14;/h1,3-4,7-8H,2,5-6,9-13,17H2,(H,18,19);1H. The lowest BCUT2D eigenvalue weighted by molar-refractivity contribution is -0.127. The topological polar surface area (TPSA) is 64.4 Å². The first-order chi connectivity index (χ1) is 9.71. The lowest BCUT2D eigenvalue weighted by Crippen LogP contribution is -2.55. The maximum atomic E-state index is 12.1. The average Bonchev–Trinajstić information content (AvgIpc) is 2.48. The van der Waals surface area contributed by atoms with E-state index in [-0.39, 0.29) is 18.3 Å². The number of benzene rings is 1. The molecule has 1 amide bonds. The average molecular weight is 313 g/mol. The van der Waals surface area contributed by atoms with Crippen molar-refractivity contribution < 1.29 is 9.53 Å². The number of ether oxygens (including phenoxy) is 1. The smallest absolute Gasteiger partial charge is 0.240 e. The van der Waals surface area contributed by atoms with Gasteiger partial charge >= 0.3 is 0 Å². The third-order valence-corrected chi connectivity index (χ3v) is 3.84. The Balaban J connectivity index is 0.00000220. The van der Waals surface area contributed by atoms with Crippen LogP contribution >= 0.6 is 12.4 Å². The van der Waals surface area contributed by atoms with Crippen molar-refractivity contribution in [3.8, 4) is 0 Å². The van der Waals surface area contributed by atoms with E-state index < -0.39 is 5.54 Å². The largest absolute Gasteiger partial charge is 0.375 e. The Morgan fingerprint density at radius 2 is 1.86 bits per heavy atom. The minimum atomic E-state index is -0.655. The molecule has 0 heterocycles. The van der Waals surface area contributed by atoms with Gasteiger partial charge in [-0.2, -0.15) is 0 Å². The second-order valence-electron chi connectivity index (χ2n) is 5.51. The molecule has 0 unspecified atom stereocenters. The molecule has 0 bridgehead atoms. The highest BCUT2D eigenvalue weighted by molar-refractivity contribution is 5.86. The van der Waals surface area contributed by atoms with Gasteiger partial charge in [-0.3, -0.25) is 4.79 Å². The molecule has 0 aromatic heterocycles. The highest BCUT2D eigenvalue weighted by atomic mass is 35.5. The van der Waals surface area contributed by atoms with Crippen molar-refractivity contribution in [2.75, 3.05) is 13.2 Å². The molecule has 2 rings (SSSR count). The van der Waals surface area contributed by atoms with Gasteiger partial charge in [-0.25, -0.2) is 0 Å². The Kier molecular flexibility index (Phi) is 7.72. The third kappa shape index (κ3) is 5.65. The summed E-state index contributed by atoms with van der Waals surface area (Å²) >= 11 is 0. The van der Waals surface area contributed by atoms with Gasteiger partial charge in [0.05, 0.1) is 18.8 Å². The van der Waals surface area contributed by atoms with E-state index in [1.165, 1.54) is 6.42 Å². The zero-order chi connectivity index (χ0) is 14.3. The molecule has 118 valence electrons. The van der Waals surface area contributed by atoms with E-state index >= 15 is 0 Å². The fourth-order valence-electron chi connectivity index (χ4n) is 2.59. The fourth-order valence-corrected chi connectivity index (χ4v) is 2.59. The Bertz CT molecular complexity index is 420. The molecule has 1 aliphatic rings. The molecule has 0 atom stereocenters. The molecular weight excluding hydrogens is 288 g/mol. The van der Waals surface area contributed by atoms with E-state index in [0.29, 0.717) is 19.8 Å². The molecule has 3 N–H and O–H groups in total. The summed E-state index contributed by atoms with van der Waals surface area (Å²) in [5, 5.41) is 2.89. The van der Waals surface area contributed by atoms with Gasteiger partial charge < -0.3 is 15.8 Å². The lowest BCUT2D eigenvalue weighted by Gasteiger charge is -2.31. The zero-order valence-corrected chi connectivity index (χ0v) is 13.2. The van der Waals surface area contributed by atoms with Gasteiger partial charge in [-0.15, -0.1) is 12.4 Å². The van der Waals surface area contributed by atoms with Crippen LogP contribution in [0.2, 0.25) is 0 Å². The number of hydrogen-bond donors (Lipinski definition) is 2. The molecule has 0 radical (unpaired) electrons. The van der Waals surface area contributed by atoms with Crippen LogP contribution in [0.3, 0.4) is 0 Å². The summed E-state index contributed by atoms with van der Waals surface area (Å²) in [5.74, 6) is -0.0273. The maximum absolute atomic E-state index is 12.1. The van der Waals surface area contributed by atoms with E-state index in [9.17, 15) is 4.79 Å². The van der Waals surface area contributed by atoms with Gasteiger partial charge in [0.25, 0.3) is 0 Å². The predicted molar refractivity (Wildman–Crippen MR) is 86.4 cm³/mol. The summed E-state index contributed by atoms with van der Waals surface area (Å²) in [5.41, 5.74) is 6.64. The van der Waals surface area contributed by atoms with Crippen molar-refractivity contribution in [2.45, 2.75) is 44.2 Å². The molecule has 1 saturated carbocycles. The molecule has 1 aromatic carbocycles. The molecule has 5 heteroatoms. The van der Waals surface area contributed by atoms with Gasteiger partial charge in [0.1, 0.15) is 0 Å². The first-order valence-corrected chi connectivity index (χ1v) is 7.40. The van der Waals surface area contributed by atoms with Crippen LogP contribution in [-0.2, 0) is 16.1 Å². The second kappa shape index (κ2) is 9.03. The number of carbonyl (C=O) groups excluding carboxylic acids is 1. The number of hydrogen-bond acceptors (Lipinski definition) is 3. The molecular formula is C16H25ClN2O2. The van der Waals surface area contributed by atoms with Crippen LogP contribution in [-0.4, -0.2) is 24.6 Å². The van der Waals surface area contributed by atoms with Crippen molar-refractivity contribution in [2.24, 2.45) is 5.73 Å². The Morgan fingerprint density at radius 1 is 1.19 bits per heavy atom. The fraction of sp³-hybridized carbons (Fsp3) is 0.562. The van der Waals surface area contributed by atoms with Crippen LogP contribution in [0.1, 0.15) is 37.7 Å². The van der Waals surface area contributed by atoms with Crippen molar-refractivity contribution in [3.63, 3.8) is 0 Å². The monoisotopic (exact) mass is 312 g/mol. The molecule has 0 saturated heterocycles. The van der Waals surface area contributed by atoms with Gasteiger partial charge in [-0.05, 0) is 18.4 Å². The number of halogens is 1. The number of rotatable bonds is 6. The predicted octanol–water partition coefficient (Wildman–Crippen LogP) is 2.40. The summed E-state index contributed by atoms with van der Waals surface area (Å²) in [6.45, 7) is 1.60. The van der Waals surface area contributed by atoms with E-state index in [0.717, 1.165) is 31.2 Å². The molecule has 1 aliphatic carbocycles. The summed E-state index contributed by atoms with van der Waals surface area (Å²) in [7, 11) is 0. The zero-order valence-electron chi connectivity index (χ0n) is 12.3. The first-order valence-electron chi connectivity index (χ1n) is 7.40. The molecule has 1 aromatic rings. The van der Waals surface area contributed by atoms with Crippen LogP contribution in [0, 0.1) is 0 Å². The maximum Gasteiger partial charge on any atom is 0.240 e. The van der Waals surface area contributed by atoms with E-state index in [1.54, 1.807) is 0 Å². The number of carbonyl (C=O) groups is 1. The third-order valence-electron chi connectivity index (χ3n) is 3.84. The molecule has 21 heavy (non-hydrogen) atoms. The summed E-state index contributed by atoms with van der Waals surface area (Å²) in [6, 6.07) is 10.0. The van der Waals surface area contributed by atoms with E-state index in [1.807, 2.05) is 30.3 Å². The van der Waals surface area contributed by atoms with Crippen LogP contribution in [0.5, 0.6) is 0 Å². The van der Waals surface area contributed by atoms with Gasteiger partial charge in [0.2, 0.25) is 5.91 Å². The highest BCUT2D eigenvalue weighted by Gasteiger charge is 2.34. The van der Waals surface area contributed by atoms with Crippen LogP contribution < -0.4 is 11.1 Å². The van der Waals surface area contributed by atoms with E-state index in [2.05, 4.69) is 5.32 Å².